The van der Waals surface area contributed by atoms with Crippen LogP contribution in [0.15, 0.2) is 134 Å². The summed E-state index contributed by atoms with van der Waals surface area (Å²) in [6, 6.07) is 42.4. The van der Waals surface area contributed by atoms with Gasteiger partial charge in [0.15, 0.2) is 0 Å². The number of rotatable bonds is 9. The normalized spacial score (nSPS) is 11.6. The van der Waals surface area contributed by atoms with Crippen LogP contribution in [0.25, 0.3) is 10.8 Å². The first-order valence-corrected chi connectivity index (χ1v) is 14.1. The Hall–Kier alpha value is -4.83. The Bertz CT molecular complexity index is 1650. The van der Waals surface area contributed by atoms with Gasteiger partial charge in [0.25, 0.3) is 0 Å². The molecule has 5 aromatic carbocycles. The second kappa shape index (κ2) is 11.3. The number of imidazole rings is 1. The van der Waals surface area contributed by atoms with Crippen molar-refractivity contribution in [3.63, 3.8) is 0 Å². The van der Waals surface area contributed by atoms with Crippen LogP contribution in [0.3, 0.4) is 0 Å². The van der Waals surface area contributed by atoms with Crippen LogP contribution in [0.4, 0.5) is 0 Å². The largest absolute Gasteiger partial charge is 0.497 e. The number of aromatic nitrogens is 2. The molecule has 0 saturated heterocycles. The molecule has 1 heterocycles. The van der Waals surface area contributed by atoms with E-state index in [1.165, 1.54) is 16.7 Å². The molecule has 204 valence electrons. The molecule has 0 radical (unpaired) electrons. The van der Waals surface area contributed by atoms with Crippen molar-refractivity contribution in [1.82, 2.24) is 9.55 Å². The first kappa shape index (κ1) is 26.4. The van der Waals surface area contributed by atoms with Crippen LogP contribution in [0.2, 0.25) is 0 Å². The van der Waals surface area contributed by atoms with E-state index >= 15 is 0 Å². The standard InChI is InChI=1S/C37H34N2O2/c1-27(2)41-36-29(20-19-28-24-34(40-3)21-22-35(28)36)23-33-25-39(26-38-33)37(30-13-7-4-8-14-30,31-15-9-5-10-16-31)32-17-11-6-12-18-32/h4-22,24-27H,23H2,1-3H3. The van der Waals surface area contributed by atoms with Crippen molar-refractivity contribution >= 4 is 10.8 Å². The van der Waals surface area contributed by atoms with Gasteiger partial charge in [0.2, 0.25) is 0 Å². The Labute approximate surface area is 241 Å². The summed E-state index contributed by atoms with van der Waals surface area (Å²) in [6.07, 6.45) is 4.84. The lowest BCUT2D eigenvalue weighted by Gasteiger charge is -2.37. The molecular formula is C37H34N2O2. The SMILES string of the molecule is COc1ccc2c(OC(C)C)c(Cc3cn(C(c4ccccc4)(c4ccccc4)c4ccccc4)cn3)ccc2c1. The quantitative estimate of drug-likeness (QED) is 0.174. The lowest BCUT2D eigenvalue weighted by atomic mass is 9.77. The zero-order chi connectivity index (χ0) is 28.2. The van der Waals surface area contributed by atoms with Gasteiger partial charge in [-0.2, -0.15) is 0 Å². The predicted octanol–water partition coefficient (Wildman–Crippen LogP) is 8.26. The monoisotopic (exact) mass is 538 g/mol. The first-order chi connectivity index (χ1) is 20.1. The maximum Gasteiger partial charge on any atom is 0.131 e. The Morgan fingerprint density at radius 1 is 0.732 bits per heavy atom. The number of hydrogen-bond donors (Lipinski definition) is 0. The summed E-state index contributed by atoms with van der Waals surface area (Å²) in [7, 11) is 1.69. The summed E-state index contributed by atoms with van der Waals surface area (Å²) in [5, 5.41) is 2.16. The molecule has 0 spiro atoms. The molecule has 0 fully saturated rings. The highest BCUT2D eigenvalue weighted by Gasteiger charge is 2.38. The van der Waals surface area contributed by atoms with Crippen LogP contribution in [-0.4, -0.2) is 22.8 Å². The van der Waals surface area contributed by atoms with Gasteiger partial charge >= 0.3 is 0 Å². The molecule has 0 N–H and O–H groups in total. The van der Waals surface area contributed by atoms with Gasteiger partial charge in [0.05, 0.1) is 25.2 Å². The van der Waals surface area contributed by atoms with E-state index in [1.54, 1.807) is 7.11 Å². The molecule has 41 heavy (non-hydrogen) atoms. The third-order valence-corrected chi connectivity index (χ3v) is 7.58. The fourth-order valence-corrected chi connectivity index (χ4v) is 5.78. The zero-order valence-electron chi connectivity index (χ0n) is 23.7. The Morgan fingerprint density at radius 2 is 1.32 bits per heavy atom. The second-order valence-electron chi connectivity index (χ2n) is 10.6. The molecule has 6 rings (SSSR count). The van der Waals surface area contributed by atoms with Gasteiger partial charge in [-0.15, -0.1) is 0 Å². The highest BCUT2D eigenvalue weighted by atomic mass is 16.5. The van der Waals surface area contributed by atoms with Crippen LogP contribution in [0, 0.1) is 0 Å². The summed E-state index contributed by atoms with van der Waals surface area (Å²) in [5.41, 5.74) is 5.00. The fraction of sp³-hybridized carbons (Fsp3) is 0.162. The van der Waals surface area contributed by atoms with Crippen molar-refractivity contribution in [2.75, 3.05) is 7.11 Å². The second-order valence-corrected chi connectivity index (χ2v) is 10.6. The number of benzene rings is 5. The summed E-state index contributed by atoms with van der Waals surface area (Å²) in [4.78, 5) is 4.97. The zero-order valence-corrected chi connectivity index (χ0v) is 23.7. The molecule has 6 aromatic rings. The minimum atomic E-state index is -0.591. The Balaban J connectivity index is 1.49. The van der Waals surface area contributed by atoms with Crippen molar-refractivity contribution in [3.05, 3.63) is 162 Å². The van der Waals surface area contributed by atoms with E-state index in [4.69, 9.17) is 14.5 Å². The van der Waals surface area contributed by atoms with Gasteiger partial charge < -0.3 is 14.0 Å². The maximum absolute atomic E-state index is 6.41. The molecular weight excluding hydrogens is 504 g/mol. The Morgan fingerprint density at radius 3 is 1.85 bits per heavy atom. The van der Waals surface area contributed by atoms with Crippen molar-refractivity contribution in [1.29, 1.82) is 0 Å². The predicted molar refractivity (Wildman–Crippen MR) is 166 cm³/mol. The first-order valence-electron chi connectivity index (χ1n) is 14.1. The van der Waals surface area contributed by atoms with E-state index in [9.17, 15) is 0 Å². The van der Waals surface area contributed by atoms with Crippen LogP contribution < -0.4 is 9.47 Å². The van der Waals surface area contributed by atoms with E-state index in [2.05, 4.69) is 140 Å². The average molecular weight is 539 g/mol. The fourth-order valence-electron chi connectivity index (χ4n) is 5.78. The minimum Gasteiger partial charge on any atom is -0.497 e. The third kappa shape index (κ3) is 4.98. The molecule has 0 atom stereocenters. The van der Waals surface area contributed by atoms with Gasteiger partial charge in [-0.05, 0) is 54.1 Å². The topological polar surface area (TPSA) is 36.3 Å². The molecule has 0 aliphatic rings. The van der Waals surface area contributed by atoms with Crippen molar-refractivity contribution in [2.45, 2.75) is 31.9 Å². The molecule has 0 saturated carbocycles. The number of methoxy groups -OCH3 is 1. The molecule has 0 aliphatic carbocycles. The van der Waals surface area contributed by atoms with E-state index < -0.39 is 5.54 Å². The third-order valence-electron chi connectivity index (χ3n) is 7.58. The molecule has 0 aliphatic heterocycles. The number of nitrogens with zero attached hydrogens (tertiary/aromatic N) is 2. The van der Waals surface area contributed by atoms with Crippen molar-refractivity contribution < 1.29 is 9.47 Å². The summed E-state index contributed by atoms with van der Waals surface area (Å²) >= 11 is 0. The summed E-state index contributed by atoms with van der Waals surface area (Å²) in [6.45, 7) is 4.13. The van der Waals surface area contributed by atoms with Gasteiger partial charge in [-0.25, -0.2) is 4.98 Å². The summed E-state index contributed by atoms with van der Waals surface area (Å²) < 4.78 is 14.1. The van der Waals surface area contributed by atoms with Crippen LogP contribution in [0.5, 0.6) is 11.5 Å². The highest BCUT2D eigenvalue weighted by molar-refractivity contribution is 5.90. The molecule has 4 heteroatoms. The minimum absolute atomic E-state index is 0.0425. The van der Waals surface area contributed by atoms with E-state index in [-0.39, 0.29) is 6.10 Å². The average Bonchev–Trinajstić information content (AvgIpc) is 3.48. The molecule has 4 nitrogen and oxygen atoms in total. The number of ether oxygens (including phenoxy) is 2. The molecule has 0 unspecified atom stereocenters. The maximum atomic E-state index is 6.41. The van der Waals surface area contributed by atoms with Crippen molar-refractivity contribution in [2.24, 2.45) is 0 Å². The van der Waals surface area contributed by atoms with Gasteiger partial charge in [-0.1, -0.05) is 103 Å². The smallest absolute Gasteiger partial charge is 0.131 e. The van der Waals surface area contributed by atoms with E-state index in [0.29, 0.717) is 6.42 Å². The van der Waals surface area contributed by atoms with Gasteiger partial charge in [0, 0.05) is 23.6 Å². The van der Waals surface area contributed by atoms with E-state index in [0.717, 1.165) is 33.5 Å². The van der Waals surface area contributed by atoms with E-state index in [1.807, 2.05) is 12.4 Å². The van der Waals surface area contributed by atoms with Crippen LogP contribution in [-0.2, 0) is 12.0 Å². The molecule has 1 aromatic heterocycles. The Kier molecular flexibility index (Phi) is 7.30. The lowest BCUT2D eigenvalue weighted by molar-refractivity contribution is 0.243. The van der Waals surface area contributed by atoms with Crippen molar-refractivity contribution in [3.8, 4) is 11.5 Å². The number of fused-ring (bicyclic) bond motifs is 1. The molecule has 0 amide bonds. The highest BCUT2D eigenvalue weighted by Crippen LogP contribution is 2.41. The summed E-state index contributed by atoms with van der Waals surface area (Å²) in [5.74, 6) is 1.73. The van der Waals surface area contributed by atoms with Gasteiger partial charge in [-0.3, -0.25) is 0 Å². The lowest BCUT2D eigenvalue weighted by Crippen LogP contribution is -2.36. The number of hydrogen-bond acceptors (Lipinski definition) is 3. The molecule has 0 bridgehead atoms. The van der Waals surface area contributed by atoms with Gasteiger partial charge in [0.1, 0.15) is 17.0 Å². The van der Waals surface area contributed by atoms with Crippen LogP contribution in [0.1, 0.15) is 41.8 Å². The van der Waals surface area contributed by atoms with Crippen LogP contribution >= 0.6 is 0 Å².